The van der Waals surface area contributed by atoms with Crippen molar-refractivity contribution in [2.75, 3.05) is 13.7 Å². The summed E-state index contributed by atoms with van der Waals surface area (Å²) in [4.78, 5) is 0. The van der Waals surface area contributed by atoms with Crippen molar-refractivity contribution in [2.24, 2.45) is 5.92 Å². The van der Waals surface area contributed by atoms with E-state index in [1.54, 1.807) is 7.11 Å². The third kappa shape index (κ3) is 4.78. The van der Waals surface area contributed by atoms with Crippen LogP contribution in [0.1, 0.15) is 32.8 Å². The predicted molar refractivity (Wildman–Crippen MR) is 73.6 cm³/mol. The van der Waals surface area contributed by atoms with Crippen LogP contribution in [0.3, 0.4) is 0 Å². The van der Waals surface area contributed by atoms with E-state index in [-0.39, 0.29) is 0 Å². The number of benzene rings is 1. The van der Waals surface area contributed by atoms with Crippen LogP contribution in [0, 0.1) is 5.92 Å². The fourth-order valence-electron chi connectivity index (χ4n) is 2.37. The van der Waals surface area contributed by atoms with E-state index < -0.39 is 0 Å². The van der Waals surface area contributed by atoms with Crippen LogP contribution in [-0.4, -0.2) is 19.7 Å². The van der Waals surface area contributed by atoms with E-state index in [4.69, 9.17) is 4.74 Å². The summed E-state index contributed by atoms with van der Waals surface area (Å²) < 4.78 is 5.38. The van der Waals surface area contributed by atoms with Crippen LogP contribution < -0.4 is 10.1 Å². The van der Waals surface area contributed by atoms with Crippen molar-refractivity contribution in [1.29, 1.82) is 0 Å². The van der Waals surface area contributed by atoms with Gasteiger partial charge in [-0.1, -0.05) is 32.0 Å². The molecule has 0 bridgehead atoms. The normalized spacial score (nSPS) is 14.4. The van der Waals surface area contributed by atoms with Crippen LogP contribution >= 0.6 is 0 Å². The Bertz CT molecular complexity index is 324. The summed E-state index contributed by atoms with van der Waals surface area (Å²) in [5, 5.41) is 3.46. The second-order valence-electron chi connectivity index (χ2n) is 4.82. The first-order chi connectivity index (χ1) is 8.17. The van der Waals surface area contributed by atoms with Gasteiger partial charge in [0.05, 0.1) is 7.11 Å². The Morgan fingerprint density at radius 1 is 1.24 bits per heavy atom. The summed E-state index contributed by atoms with van der Waals surface area (Å²) in [6.07, 6.45) is 2.28. The molecule has 1 aromatic carbocycles. The van der Waals surface area contributed by atoms with E-state index in [2.05, 4.69) is 38.2 Å². The number of nitrogens with one attached hydrogen (secondary N) is 1. The number of hydrogen-bond donors (Lipinski definition) is 1. The van der Waals surface area contributed by atoms with Gasteiger partial charge in [0, 0.05) is 6.04 Å². The molecule has 96 valence electrons. The zero-order valence-electron chi connectivity index (χ0n) is 11.5. The Balaban J connectivity index is 2.52. The quantitative estimate of drug-likeness (QED) is 0.783. The number of para-hydroxylation sites is 1. The number of ether oxygens (including phenoxy) is 1. The molecule has 2 atom stereocenters. The fourth-order valence-corrected chi connectivity index (χ4v) is 2.37. The molecular weight excluding hydrogens is 210 g/mol. The summed E-state index contributed by atoms with van der Waals surface area (Å²) in [5.41, 5.74) is 1.31. The van der Waals surface area contributed by atoms with Gasteiger partial charge in [0.2, 0.25) is 0 Å². The Labute approximate surface area is 105 Å². The lowest BCUT2D eigenvalue weighted by Crippen LogP contribution is -2.27. The van der Waals surface area contributed by atoms with Crippen LogP contribution in [0.5, 0.6) is 5.75 Å². The predicted octanol–water partition coefficient (Wildman–Crippen LogP) is 3.26. The van der Waals surface area contributed by atoms with Gasteiger partial charge >= 0.3 is 0 Å². The summed E-state index contributed by atoms with van der Waals surface area (Å²) in [5.74, 6) is 1.68. The van der Waals surface area contributed by atoms with Crippen LogP contribution in [0.15, 0.2) is 24.3 Å². The molecule has 0 aliphatic carbocycles. The number of rotatable bonds is 7. The van der Waals surface area contributed by atoms with Gasteiger partial charge < -0.3 is 10.1 Å². The van der Waals surface area contributed by atoms with Crippen molar-refractivity contribution in [3.8, 4) is 5.75 Å². The minimum absolute atomic E-state index is 0.588. The Kier molecular flexibility index (Phi) is 6.06. The van der Waals surface area contributed by atoms with Crippen LogP contribution in [0.25, 0.3) is 0 Å². The van der Waals surface area contributed by atoms with Crippen molar-refractivity contribution in [2.45, 2.75) is 39.7 Å². The molecule has 2 heteroatoms. The summed E-state index contributed by atoms with van der Waals surface area (Å²) >= 11 is 0. The minimum atomic E-state index is 0.588. The van der Waals surface area contributed by atoms with E-state index >= 15 is 0 Å². The van der Waals surface area contributed by atoms with Crippen molar-refractivity contribution < 1.29 is 4.74 Å². The molecule has 0 fully saturated rings. The molecule has 0 radical (unpaired) electrons. The number of hydrogen-bond acceptors (Lipinski definition) is 2. The lowest BCUT2D eigenvalue weighted by Gasteiger charge is -2.19. The summed E-state index contributed by atoms with van der Waals surface area (Å²) in [6.45, 7) is 7.76. The molecule has 2 nitrogen and oxygen atoms in total. The zero-order valence-corrected chi connectivity index (χ0v) is 11.5. The molecule has 0 amide bonds. The van der Waals surface area contributed by atoms with Crippen molar-refractivity contribution in [1.82, 2.24) is 5.32 Å². The highest BCUT2D eigenvalue weighted by Crippen LogP contribution is 2.22. The van der Waals surface area contributed by atoms with E-state index in [0.29, 0.717) is 12.0 Å². The van der Waals surface area contributed by atoms with Crippen molar-refractivity contribution in [3.05, 3.63) is 29.8 Å². The van der Waals surface area contributed by atoms with E-state index in [1.807, 2.05) is 12.1 Å². The molecule has 0 saturated heterocycles. The first kappa shape index (κ1) is 14.0. The van der Waals surface area contributed by atoms with Gasteiger partial charge in [0.15, 0.2) is 0 Å². The average molecular weight is 235 g/mol. The van der Waals surface area contributed by atoms with Gasteiger partial charge in [-0.25, -0.2) is 0 Å². The molecule has 2 unspecified atom stereocenters. The molecule has 0 saturated carbocycles. The molecule has 0 aliphatic heterocycles. The lowest BCUT2D eigenvalue weighted by atomic mass is 9.94. The van der Waals surface area contributed by atoms with Gasteiger partial charge in [-0.05, 0) is 43.9 Å². The molecule has 0 spiro atoms. The highest BCUT2D eigenvalue weighted by atomic mass is 16.5. The maximum absolute atomic E-state index is 5.38. The molecule has 0 aromatic heterocycles. The maximum Gasteiger partial charge on any atom is 0.122 e. The van der Waals surface area contributed by atoms with E-state index in [1.165, 1.54) is 12.0 Å². The van der Waals surface area contributed by atoms with E-state index in [0.717, 1.165) is 18.7 Å². The van der Waals surface area contributed by atoms with Gasteiger partial charge in [-0.2, -0.15) is 0 Å². The molecule has 1 rings (SSSR count). The second-order valence-corrected chi connectivity index (χ2v) is 4.82. The first-order valence-corrected chi connectivity index (χ1v) is 6.52. The highest BCUT2D eigenvalue weighted by Gasteiger charge is 2.11. The maximum atomic E-state index is 5.38. The fraction of sp³-hybridized carbons (Fsp3) is 0.600. The Morgan fingerprint density at radius 3 is 2.59 bits per heavy atom. The van der Waals surface area contributed by atoms with Gasteiger partial charge in [-0.15, -0.1) is 0 Å². The van der Waals surface area contributed by atoms with Crippen LogP contribution in [0.4, 0.5) is 0 Å². The molecule has 17 heavy (non-hydrogen) atoms. The lowest BCUT2D eigenvalue weighted by molar-refractivity contribution is 0.394. The van der Waals surface area contributed by atoms with Gasteiger partial charge in [0.25, 0.3) is 0 Å². The molecule has 0 aliphatic rings. The number of methoxy groups -OCH3 is 1. The topological polar surface area (TPSA) is 21.3 Å². The largest absolute Gasteiger partial charge is 0.496 e. The smallest absolute Gasteiger partial charge is 0.122 e. The van der Waals surface area contributed by atoms with Crippen LogP contribution in [0.2, 0.25) is 0 Å². The van der Waals surface area contributed by atoms with Crippen molar-refractivity contribution in [3.63, 3.8) is 0 Å². The Morgan fingerprint density at radius 2 is 1.94 bits per heavy atom. The third-order valence-corrected chi connectivity index (χ3v) is 3.07. The standard InChI is InChI=1S/C15H25NO/c1-5-16-13(3)10-12(2)11-14-8-6-7-9-15(14)17-4/h6-9,12-13,16H,5,10-11H2,1-4H3. The van der Waals surface area contributed by atoms with E-state index in [9.17, 15) is 0 Å². The summed E-state index contributed by atoms with van der Waals surface area (Å²) in [7, 11) is 1.74. The third-order valence-electron chi connectivity index (χ3n) is 3.07. The Hall–Kier alpha value is -1.02. The average Bonchev–Trinajstić information content (AvgIpc) is 2.29. The van der Waals surface area contributed by atoms with Gasteiger partial charge in [-0.3, -0.25) is 0 Å². The molecule has 1 aromatic rings. The van der Waals surface area contributed by atoms with Crippen LogP contribution in [-0.2, 0) is 6.42 Å². The highest BCUT2D eigenvalue weighted by molar-refractivity contribution is 5.33. The molecular formula is C15H25NO. The van der Waals surface area contributed by atoms with Crippen molar-refractivity contribution >= 4 is 0 Å². The molecule has 1 N–H and O–H groups in total. The second kappa shape index (κ2) is 7.33. The monoisotopic (exact) mass is 235 g/mol. The molecule has 0 heterocycles. The first-order valence-electron chi connectivity index (χ1n) is 6.52. The van der Waals surface area contributed by atoms with Gasteiger partial charge in [0.1, 0.15) is 5.75 Å². The summed E-state index contributed by atoms with van der Waals surface area (Å²) in [6, 6.07) is 8.89. The minimum Gasteiger partial charge on any atom is -0.496 e. The zero-order chi connectivity index (χ0) is 12.7. The SMILES string of the molecule is CCNC(C)CC(C)Cc1ccccc1OC.